The average Bonchev–Trinajstić information content (AvgIpc) is 3.34. The monoisotopic (exact) mass is 941 g/mol. The predicted molar refractivity (Wildman–Crippen MR) is 293 cm³/mol. The van der Waals surface area contributed by atoms with Gasteiger partial charge in [-0.3, -0.25) is 14.4 Å². The molecule has 0 amide bonds. The van der Waals surface area contributed by atoms with Gasteiger partial charge in [-0.2, -0.15) is 0 Å². The van der Waals surface area contributed by atoms with Crippen LogP contribution in [0.3, 0.4) is 0 Å². The summed E-state index contributed by atoms with van der Waals surface area (Å²) in [6.45, 7) is 6.24. The van der Waals surface area contributed by atoms with Crippen LogP contribution in [0.2, 0.25) is 0 Å². The zero-order valence-corrected chi connectivity index (χ0v) is 43.8. The Bertz CT molecular complexity index is 1450. The van der Waals surface area contributed by atoms with Crippen molar-refractivity contribution in [2.45, 2.75) is 239 Å². The van der Waals surface area contributed by atoms with Crippen molar-refractivity contribution in [3.8, 4) is 0 Å². The topological polar surface area (TPSA) is 78.9 Å². The summed E-state index contributed by atoms with van der Waals surface area (Å²) in [7, 11) is 0. The van der Waals surface area contributed by atoms with Gasteiger partial charge in [0.2, 0.25) is 0 Å². The zero-order chi connectivity index (χ0) is 49.3. The molecular formula is C62H100O6. The molecule has 0 saturated heterocycles. The number of allylic oxidation sites excluding steroid dienone is 20. The van der Waals surface area contributed by atoms with Gasteiger partial charge in [0.15, 0.2) is 6.10 Å². The van der Waals surface area contributed by atoms with Crippen molar-refractivity contribution in [1.82, 2.24) is 0 Å². The number of unbranched alkanes of at least 4 members (excludes halogenated alkanes) is 17. The van der Waals surface area contributed by atoms with Gasteiger partial charge in [-0.15, -0.1) is 0 Å². The highest BCUT2D eigenvalue weighted by molar-refractivity contribution is 5.71. The predicted octanol–water partition coefficient (Wildman–Crippen LogP) is 18.5. The first-order valence-electron chi connectivity index (χ1n) is 27.5. The summed E-state index contributed by atoms with van der Waals surface area (Å²) in [6.07, 6.45) is 76.2. The molecule has 0 rings (SSSR count). The summed E-state index contributed by atoms with van der Waals surface area (Å²) in [5.74, 6) is -0.966. The Morgan fingerprint density at radius 2 is 0.529 bits per heavy atom. The minimum absolute atomic E-state index is 0.103. The summed E-state index contributed by atoms with van der Waals surface area (Å²) in [6, 6.07) is 0. The summed E-state index contributed by atoms with van der Waals surface area (Å²) in [5.41, 5.74) is 0. The van der Waals surface area contributed by atoms with Crippen LogP contribution >= 0.6 is 0 Å². The molecule has 0 bridgehead atoms. The molecule has 68 heavy (non-hydrogen) atoms. The molecule has 6 nitrogen and oxygen atoms in total. The SMILES string of the molecule is CC/C=C\C/C=C\C/C=C\C/C=C\CCCCCCCCC(=O)OCC(COC(=O)CCCC/C=C\C/C=C\C/C=C\CC)OC(=O)CCCCCCCCCCC/C=C\C/C=C\C/C=C\CC. The fourth-order valence-electron chi connectivity index (χ4n) is 7.17. The van der Waals surface area contributed by atoms with Crippen molar-refractivity contribution >= 4 is 17.9 Å². The molecule has 0 aliphatic carbocycles. The lowest BCUT2D eigenvalue weighted by Crippen LogP contribution is -2.30. The first kappa shape index (κ1) is 63.8. The molecule has 0 aromatic rings. The van der Waals surface area contributed by atoms with Crippen LogP contribution in [0, 0.1) is 0 Å². The molecule has 384 valence electrons. The van der Waals surface area contributed by atoms with Gasteiger partial charge in [0, 0.05) is 19.3 Å². The van der Waals surface area contributed by atoms with Crippen LogP contribution in [0.4, 0.5) is 0 Å². The van der Waals surface area contributed by atoms with Gasteiger partial charge in [0.25, 0.3) is 0 Å². The van der Waals surface area contributed by atoms with E-state index in [-0.39, 0.29) is 31.1 Å². The minimum atomic E-state index is -0.806. The highest BCUT2D eigenvalue weighted by Gasteiger charge is 2.19. The molecule has 0 aliphatic rings. The Hall–Kier alpha value is -4.19. The summed E-state index contributed by atoms with van der Waals surface area (Å²) in [5, 5.41) is 0. The van der Waals surface area contributed by atoms with E-state index in [2.05, 4.69) is 142 Å². The molecule has 1 atom stereocenters. The Balaban J connectivity index is 4.44. The van der Waals surface area contributed by atoms with Crippen LogP contribution in [0.5, 0.6) is 0 Å². The second-order valence-corrected chi connectivity index (χ2v) is 17.7. The van der Waals surface area contributed by atoms with Gasteiger partial charge in [-0.25, -0.2) is 0 Å². The Kier molecular flexibility index (Phi) is 52.0. The summed E-state index contributed by atoms with van der Waals surface area (Å²) >= 11 is 0. The molecule has 0 N–H and O–H groups in total. The number of carbonyl (C=O) groups is 3. The third-order valence-corrected chi connectivity index (χ3v) is 11.2. The van der Waals surface area contributed by atoms with Crippen molar-refractivity contribution in [3.63, 3.8) is 0 Å². The lowest BCUT2D eigenvalue weighted by molar-refractivity contribution is -0.167. The van der Waals surface area contributed by atoms with Crippen molar-refractivity contribution in [2.75, 3.05) is 13.2 Å². The minimum Gasteiger partial charge on any atom is -0.462 e. The maximum atomic E-state index is 12.8. The van der Waals surface area contributed by atoms with Gasteiger partial charge in [-0.05, 0) is 122 Å². The van der Waals surface area contributed by atoms with Crippen LogP contribution in [0.25, 0.3) is 0 Å². The number of rotatable bonds is 48. The second-order valence-electron chi connectivity index (χ2n) is 17.7. The maximum Gasteiger partial charge on any atom is 0.306 e. The zero-order valence-electron chi connectivity index (χ0n) is 43.8. The number of ether oxygens (including phenoxy) is 3. The van der Waals surface area contributed by atoms with Crippen molar-refractivity contribution < 1.29 is 28.6 Å². The van der Waals surface area contributed by atoms with Crippen LogP contribution in [-0.2, 0) is 28.6 Å². The van der Waals surface area contributed by atoms with E-state index < -0.39 is 6.10 Å². The quantitative estimate of drug-likeness (QED) is 0.0262. The van der Waals surface area contributed by atoms with E-state index in [0.717, 1.165) is 141 Å². The third-order valence-electron chi connectivity index (χ3n) is 11.2. The molecule has 0 heterocycles. The molecular weight excluding hydrogens is 841 g/mol. The molecule has 0 aromatic heterocycles. The first-order valence-corrected chi connectivity index (χ1v) is 27.5. The fourth-order valence-corrected chi connectivity index (χ4v) is 7.17. The van der Waals surface area contributed by atoms with E-state index in [4.69, 9.17) is 14.2 Å². The van der Waals surface area contributed by atoms with E-state index in [1.54, 1.807) is 0 Å². The van der Waals surface area contributed by atoms with Crippen LogP contribution in [-0.4, -0.2) is 37.2 Å². The lowest BCUT2D eigenvalue weighted by Gasteiger charge is -2.18. The maximum absolute atomic E-state index is 12.8. The van der Waals surface area contributed by atoms with Gasteiger partial charge in [0.1, 0.15) is 13.2 Å². The van der Waals surface area contributed by atoms with Gasteiger partial charge >= 0.3 is 17.9 Å². The molecule has 0 aromatic carbocycles. The molecule has 6 heteroatoms. The van der Waals surface area contributed by atoms with E-state index in [1.807, 2.05) is 0 Å². The molecule has 1 unspecified atom stereocenters. The van der Waals surface area contributed by atoms with E-state index in [0.29, 0.717) is 19.3 Å². The van der Waals surface area contributed by atoms with Crippen molar-refractivity contribution in [1.29, 1.82) is 0 Å². The van der Waals surface area contributed by atoms with E-state index >= 15 is 0 Å². The van der Waals surface area contributed by atoms with Gasteiger partial charge in [-0.1, -0.05) is 213 Å². The van der Waals surface area contributed by atoms with Crippen LogP contribution in [0.15, 0.2) is 122 Å². The average molecular weight is 941 g/mol. The van der Waals surface area contributed by atoms with Gasteiger partial charge < -0.3 is 14.2 Å². The van der Waals surface area contributed by atoms with Crippen molar-refractivity contribution in [3.05, 3.63) is 122 Å². The molecule has 0 saturated carbocycles. The largest absolute Gasteiger partial charge is 0.462 e. The molecule has 0 spiro atoms. The highest BCUT2D eigenvalue weighted by Crippen LogP contribution is 2.14. The Labute approximate surface area is 418 Å². The molecule has 0 aliphatic heterocycles. The molecule has 0 radical (unpaired) electrons. The van der Waals surface area contributed by atoms with E-state index in [1.165, 1.54) is 51.4 Å². The number of hydrogen-bond donors (Lipinski definition) is 0. The Morgan fingerprint density at radius 1 is 0.294 bits per heavy atom. The number of carbonyl (C=O) groups excluding carboxylic acids is 3. The third kappa shape index (κ3) is 52.8. The summed E-state index contributed by atoms with van der Waals surface area (Å²) < 4.78 is 16.8. The number of esters is 3. The smallest absolute Gasteiger partial charge is 0.306 e. The summed E-state index contributed by atoms with van der Waals surface area (Å²) in [4.78, 5) is 38.1. The normalized spacial score (nSPS) is 13.0. The van der Waals surface area contributed by atoms with Crippen LogP contribution < -0.4 is 0 Å². The van der Waals surface area contributed by atoms with Crippen molar-refractivity contribution in [2.24, 2.45) is 0 Å². The lowest BCUT2D eigenvalue weighted by atomic mass is 10.1. The molecule has 0 fully saturated rings. The first-order chi connectivity index (χ1) is 33.5. The Morgan fingerprint density at radius 3 is 0.853 bits per heavy atom. The van der Waals surface area contributed by atoms with Crippen LogP contribution in [0.1, 0.15) is 233 Å². The van der Waals surface area contributed by atoms with Gasteiger partial charge in [0.05, 0.1) is 0 Å². The van der Waals surface area contributed by atoms with E-state index in [9.17, 15) is 14.4 Å². The second kappa shape index (κ2) is 55.4. The standard InChI is InChI=1S/C62H100O6/c1-4-7-10-13-16-19-22-25-27-29-31-33-35-37-40-43-46-49-52-55-61(64)67-58-59(57-66-60(63)54-51-48-45-42-39-24-21-18-15-12-9-6-3)68-62(65)56-53-50-47-44-41-38-36-34-32-30-28-26-23-20-17-14-11-8-5-2/h7-12,16-21,25-28,31,33,39,42,59H,4-6,13-15,22-24,29-30,32,34-38,40-41,43-58H2,1-3H3/b10-7-,11-8-,12-9-,19-16-,20-17-,21-18-,27-25-,28-26-,33-31-,42-39-. The fraction of sp³-hybridized carbons (Fsp3) is 0.629. The highest BCUT2D eigenvalue weighted by atomic mass is 16.6. The number of hydrogen-bond acceptors (Lipinski definition) is 6.